The molecule has 0 amide bonds. The van der Waals surface area contributed by atoms with Crippen molar-refractivity contribution in [2.45, 2.75) is 27.1 Å². The Morgan fingerprint density at radius 2 is 2.14 bits per heavy atom. The molecule has 0 aromatic carbocycles. The van der Waals surface area contributed by atoms with Crippen LogP contribution in [0.3, 0.4) is 0 Å². The van der Waals surface area contributed by atoms with Crippen LogP contribution in [0.15, 0.2) is 27.7 Å². The van der Waals surface area contributed by atoms with E-state index in [1.165, 1.54) is 12.3 Å². The number of hydrogen-bond acceptors (Lipinski definition) is 6. The van der Waals surface area contributed by atoms with E-state index in [0.29, 0.717) is 5.69 Å². The maximum atomic E-state index is 11.7. The Bertz CT molecular complexity index is 693. The molecule has 0 aliphatic heterocycles. The summed E-state index contributed by atoms with van der Waals surface area (Å²) in [4.78, 5) is 16.0. The highest BCUT2D eigenvalue weighted by Crippen LogP contribution is 2.24. The Balaban J connectivity index is 2.19. The lowest BCUT2D eigenvalue weighted by Gasteiger charge is -2.12. The maximum Gasteiger partial charge on any atom is 0.227 e. The minimum atomic E-state index is -0.345. The third kappa shape index (κ3) is 3.22. The molecule has 21 heavy (non-hydrogen) atoms. The molecule has 0 saturated carbocycles. The van der Waals surface area contributed by atoms with Gasteiger partial charge in [0.05, 0.1) is 12.8 Å². The summed E-state index contributed by atoms with van der Waals surface area (Å²) in [6.07, 6.45) is 2.89. The molecule has 0 saturated heterocycles. The first-order chi connectivity index (χ1) is 10.1. The van der Waals surface area contributed by atoms with Crippen molar-refractivity contribution in [2.24, 2.45) is 0 Å². The van der Waals surface area contributed by atoms with E-state index in [2.05, 4.69) is 4.98 Å². The van der Waals surface area contributed by atoms with E-state index in [1.807, 2.05) is 13.8 Å². The Hall–Kier alpha value is -2.34. The minimum Gasteiger partial charge on any atom is -0.496 e. The Morgan fingerprint density at radius 3 is 2.76 bits per heavy atom. The van der Waals surface area contributed by atoms with Gasteiger partial charge in [-0.2, -0.15) is 0 Å². The lowest BCUT2D eigenvalue weighted by atomic mass is 10.1. The predicted molar refractivity (Wildman–Crippen MR) is 75.5 cm³/mol. The predicted octanol–water partition coefficient (Wildman–Crippen LogP) is 1.73. The number of aliphatic hydroxyl groups excluding tert-OH is 1. The number of pyridine rings is 1. The second kappa shape index (κ2) is 6.41. The van der Waals surface area contributed by atoms with Crippen molar-refractivity contribution in [1.29, 1.82) is 0 Å². The number of aryl methyl sites for hydroxylation is 1. The van der Waals surface area contributed by atoms with E-state index in [-0.39, 0.29) is 30.2 Å². The zero-order valence-corrected chi connectivity index (χ0v) is 12.2. The molecular formula is C15H17NO5. The van der Waals surface area contributed by atoms with Gasteiger partial charge in [-0.25, -0.2) is 0 Å². The number of aromatic nitrogens is 1. The Morgan fingerprint density at radius 1 is 1.38 bits per heavy atom. The summed E-state index contributed by atoms with van der Waals surface area (Å²) in [5, 5.41) is 8.88. The van der Waals surface area contributed by atoms with Crippen molar-refractivity contribution in [3.63, 3.8) is 0 Å². The molecule has 6 nitrogen and oxygen atoms in total. The summed E-state index contributed by atoms with van der Waals surface area (Å²) < 4.78 is 15.8. The lowest BCUT2D eigenvalue weighted by Crippen LogP contribution is -2.10. The highest BCUT2D eigenvalue weighted by Gasteiger charge is 2.11. The summed E-state index contributed by atoms with van der Waals surface area (Å²) in [5.74, 6) is 1.03. The number of nitrogens with zero attached hydrogens (tertiary/aromatic N) is 1. The van der Waals surface area contributed by atoms with Gasteiger partial charge < -0.3 is 19.0 Å². The van der Waals surface area contributed by atoms with Crippen LogP contribution in [0.1, 0.15) is 22.6 Å². The monoisotopic (exact) mass is 291 g/mol. The van der Waals surface area contributed by atoms with Gasteiger partial charge >= 0.3 is 0 Å². The summed E-state index contributed by atoms with van der Waals surface area (Å²) in [6, 6.07) is 1.20. The van der Waals surface area contributed by atoms with Gasteiger partial charge in [0.15, 0.2) is 0 Å². The van der Waals surface area contributed by atoms with E-state index in [4.69, 9.17) is 19.0 Å². The first-order valence-electron chi connectivity index (χ1n) is 6.41. The van der Waals surface area contributed by atoms with Crippen LogP contribution in [0.5, 0.6) is 11.5 Å². The largest absolute Gasteiger partial charge is 0.496 e. The molecule has 0 aliphatic carbocycles. The van der Waals surface area contributed by atoms with Crippen LogP contribution in [-0.2, 0) is 13.2 Å². The van der Waals surface area contributed by atoms with Gasteiger partial charge in [0.2, 0.25) is 11.2 Å². The zero-order chi connectivity index (χ0) is 15.4. The van der Waals surface area contributed by atoms with Crippen molar-refractivity contribution in [3.05, 3.63) is 51.3 Å². The fourth-order valence-corrected chi connectivity index (χ4v) is 1.99. The fraction of sp³-hybridized carbons (Fsp3) is 0.333. The second-order valence-corrected chi connectivity index (χ2v) is 4.57. The van der Waals surface area contributed by atoms with E-state index in [0.717, 1.165) is 16.9 Å². The average molecular weight is 291 g/mol. The smallest absolute Gasteiger partial charge is 0.227 e. The highest BCUT2D eigenvalue weighted by atomic mass is 16.5. The van der Waals surface area contributed by atoms with E-state index in [1.54, 1.807) is 13.3 Å². The molecule has 0 spiro atoms. The van der Waals surface area contributed by atoms with E-state index >= 15 is 0 Å². The molecule has 0 aliphatic rings. The minimum absolute atomic E-state index is 0.0768. The second-order valence-electron chi connectivity index (χ2n) is 4.57. The molecule has 2 aromatic heterocycles. The topological polar surface area (TPSA) is 81.8 Å². The number of rotatable bonds is 5. The molecule has 2 aromatic rings. The van der Waals surface area contributed by atoms with Crippen LogP contribution >= 0.6 is 0 Å². The summed E-state index contributed by atoms with van der Waals surface area (Å²) in [5.41, 5.74) is 2.14. The molecule has 112 valence electrons. The fourth-order valence-electron chi connectivity index (χ4n) is 1.99. The molecule has 0 atom stereocenters. The van der Waals surface area contributed by atoms with Gasteiger partial charge in [0.25, 0.3) is 0 Å². The number of aliphatic hydroxyl groups is 1. The van der Waals surface area contributed by atoms with Gasteiger partial charge in [0.1, 0.15) is 31.0 Å². The normalized spacial score (nSPS) is 10.5. The van der Waals surface area contributed by atoms with Gasteiger partial charge in [0, 0.05) is 23.4 Å². The molecule has 2 heterocycles. The average Bonchev–Trinajstić information content (AvgIpc) is 2.48. The van der Waals surface area contributed by atoms with Crippen LogP contribution in [0, 0.1) is 13.8 Å². The zero-order valence-electron chi connectivity index (χ0n) is 12.2. The quantitative estimate of drug-likeness (QED) is 0.903. The van der Waals surface area contributed by atoms with Gasteiger partial charge in [-0.15, -0.1) is 0 Å². The lowest BCUT2D eigenvalue weighted by molar-refractivity contribution is 0.235. The SMILES string of the molecule is COc1c(C)cnc(COc2coc(CO)cc2=O)c1C. The van der Waals surface area contributed by atoms with Crippen molar-refractivity contribution in [3.8, 4) is 11.5 Å². The molecule has 1 N–H and O–H groups in total. The Kier molecular flexibility index (Phi) is 4.59. The van der Waals surface area contributed by atoms with Crippen LogP contribution in [0.4, 0.5) is 0 Å². The van der Waals surface area contributed by atoms with E-state index < -0.39 is 0 Å². The first-order valence-corrected chi connectivity index (χ1v) is 6.41. The maximum absolute atomic E-state index is 11.7. The molecule has 0 fully saturated rings. The number of methoxy groups -OCH3 is 1. The molecule has 6 heteroatoms. The number of ether oxygens (including phenoxy) is 2. The van der Waals surface area contributed by atoms with Crippen LogP contribution in [0.2, 0.25) is 0 Å². The molecular weight excluding hydrogens is 274 g/mol. The summed E-state index contributed by atoms with van der Waals surface area (Å²) >= 11 is 0. The van der Waals surface area contributed by atoms with Gasteiger partial charge in [-0.1, -0.05) is 0 Å². The molecule has 0 bridgehead atoms. The van der Waals surface area contributed by atoms with Gasteiger partial charge in [-0.05, 0) is 13.8 Å². The van der Waals surface area contributed by atoms with Crippen molar-refractivity contribution >= 4 is 0 Å². The van der Waals surface area contributed by atoms with Crippen molar-refractivity contribution < 1.29 is 19.0 Å². The van der Waals surface area contributed by atoms with Crippen LogP contribution < -0.4 is 14.9 Å². The van der Waals surface area contributed by atoms with Crippen molar-refractivity contribution in [1.82, 2.24) is 4.98 Å². The van der Waals surface area contributed by atoms with Gasteiger partial charge in [-0.3, -0.25) is 9.78 Å². The molecule has 0 unspecified atom stereocenters. The summed E-state index contributed by atoms with van der Waals surface area (Å²) in [6.45, 7) is 3.59. The third-order valence-electron chi connectivity index (χ3n) is 3.12. The molecule has 2 rings (SSSR count). The number of hydrogen-bond donors (Lipinski definition) is 1. The van der Waals surface area contributed by atoms with E-state index in [9.17, 15) is 4.79 Å². The molecule has 0 radical (unpaired) electrons. The van der Waals surface area contributed by atoms with Crippen LogP contribution in [-0.4, -0.2) is 17.2 Å². The Labute approximate surface area is 122 Å². The van der Waals surface area contributed by atoms with Crippen molar-refractivity contribution in [2.75, 3.05) is 7.11 Å². The highest BCUT2D eigenvalue weighted by molar-refractivity contribution is 5.41. The summed E-state index contributed by atoms with van der Waals surface area (Å²) in [7, 11) is 1.60. The standard InChI is InChI=1S/C15H17NO5/c1-9-5-16-12(10(2)15(9)19-3)7-21-14-8-20-11(6-17)4-13(14)18/h4-5,8,17H,6-7H2,1-3H3. The van der Waals surface area contributed by atoms with Crippen LogP contribution in [0.25, 0.3) is 0 Å². The third-order valence-corrected chi connectivity index (χ3v) is 3.12. The first kappa shape index (κ1) is 15.1.